The van der Waals surface area contributed by atoms with Crippen LogP contribution in [0.5, 0.6) is 0 Å². The zero-order valence-electron chi connectivity index (χ0n) is 22.3. The van der Waals surface area contributed by atoms with E-state index in [1.807, 2.05) is 41.1 Å². The molecule has 3 heterocycles. The SMILES string of the molecule is Cc1ccccc1N1CCN(C(=O)C2c3ccccc3C(=O)N(C)C2c2cn(C3CC3)cc2C2CC2)CC1. The molecule has 0 spiro atoms. The summed E-state index contributed by atoms with van der Waals surface area (Å²) in [6, 6.07) is 16.5. The van der Waals surface area contributed by atoms with Gasteiger partial charge in [0, 0.05) is 62.9 Å². The molecule has 2 aliphatic carbocycles. The van der Waals surface area contributed by atoms with Crippen LogP contribution in [0.2, 0.25) is 0 Å². The molecule has 2 aliphatic heterocycles. The summed E-state index contributed by atoms with van der Waals surface area (Å²) >= 11 is 0. The summed E-state index contributed by atoms with van der Waals surface area (Å²) in [7, 11) is 1.89. The number of amides is 2. The fourth-order valence-corrected chi connectivity index (χ4v) is 6.69. The van der Waals surface area contributed by atoms with E-state index in [2.05, 4.69) is 53.0 Å². The molecule has 6 heteroatoms. The van der Waals surface area contributed by atoms with E-state index in [1.54, 1.807) is 0 Å². The van der Waals surface area contributed by atoms with Gasteiger partial charge in [-0.25, -0.2) is 0 Å². The fourth-order valence-electron chi connectivity index (χ4n) is 6.69. The molecule has 2 saturated carbocycles. The largest absolute Gasteiger partial charge is 0.368 e. The van der Waals surface area contributed by atoms with Crippen molar-refractivity contribution < 1.29 is 9.59 Å². The van der Waals surface area contributed by atoms with Crippen LogP contribution in [0.15, 0.2) is 60.9 Å². The number of hydrogen-bond donors (Lipinski definition) is 0. The molecule has 1 saturated heterocycles. The van der Waals surface area contributed by atoms with E-state index in [4.69, 9.17) is 0 Å². The molecule has 6 nitrogen and oxygen atoms in total. The van der Waals surface area contributed by atoms with E-state index in [9.17, 15) is 9.59 Å². The van der Waals surface area contributed by atoms with Crippen LogP contribution in [0.4, 0.5) is 5.69 Å². The van der Waals surface area contributed by atoms with Crippen LogP contribution in [0.1, 0.15) is 82.2 Å². The first-order valence-corrected chi connectivity index (χ1v) is 14.2. The lowest BCUT2D eigenvalue weighted by molar-refractivity contribution is -0.134. The number of benzene rings is 2. The molecule has 7 rings (SSSR count). The summed E-state index contributed by atoms with van der Waals surface area (Å²) < 4.78 is 2.37. The van der Waals surface area contributed by atoms with E-state index >= 15 is 0 Å². The molecular weight excluding hydrogens is 472 g/mol. The molecule has 4 aliphatic rings. The lowest BCUT2D eigenvalue weighted by Gasteiger charge is -2.43. The summed E-state index contributed by atoms with van der Waals surface area (Å²) in [5, 5.41) is 0. The van der Waals surface area contributed by atoms with Crippen molar-refractivity contribution in [2.45, 2.75) is 56.5 Å². The molecule has 1 aromatic heterocycles. The van der Waals surface area contributed by atoms with Gasteiger partial charge in [-0.1, -0.05) is 36.4 Å². The van der Waals surface area contributed by atoms with Crippen molar-refractivity contribution >= 4 is 17.5 Å². The minimum atomic E-state index is -0.397. The predicted molar refractivity (Wildman–Crippen MR) is 149 cm³/mol. The van der Waals surface area contributed by atoms with Gasteiger partial charge in [-0.3, -0.25) is 9.59 Å². The topological polar surface area (TPSA) is 48.8 Å². The van der Waals surface area contributed by atoms with E-state index in [0.717, 1.165) is 18.7 Å². The van der Waals surface area contributed by atoms with E-state index in [-0.39, 0.29) is 17.9 Å². The normalized spacial score (nSPS) is 23.5. The fraction of sp³-hybridized carbons (Fsp3) is 0.438. The monoisotopic (exact) mass is 508 g/mol. The number of aromatic nitrogens is 1. The number of rotatable bonds is 5. The van der Waals surface area contributed by atoms with Gasteiger partial charge in [0.15, 0.2) is 0 Å². The van der Waals surface area contributed by atoms with E-state index in [1.165, 1.54) is 48.1 Å². The lowest BCUT2D eigenvalue weighted by Crippen LogP contribution is -2.53. The average molecular weight is 509 g/mol. The van der Waals surface area contributed by atoms with Crippen molar-refractivity contribution in [2.24, 2.45) is 0 Å². The number of aryl methyl sites for hydroxylation is 1. The zero-order chi connectivity index (χ0) is 26.0. The number of nitrogens with zero attached hydrogens (tertiary/aromatic N) is 4. The number of hydrogen-bond acceptors (Lipinski definition) is 3. The second kappa shape index (κ2) is 9.04. The molecule has 2 aromatic carbocycles. The Bertz CT molecular complexity index is 1390. The van der Waals surface area contributed by atoms with Gasteiger partial charge < -0.3 is 19.3 Å². The molecule has 196 valence electrons. The highest BCUT2D eigenvalue weighted by Gasteiger charge is 2.47. The van der Waals surface area contributed by atoms with Crippen molar-refractivity contribution in [2.75, 3.05) is 38.1 Å². The number of likely N-dealkylation sites (N-methyl/N-ethyl adjacent to an activating group) is 1. The molecule has 3 aromatic rings. The third kappa shape index (κ3) is 3.93. The van der Waals surface area contributed by atoms with Crippen molar-refractivity contribution in [3.63, 3.8) is 0 Å². The van der Waals surface area contributed by atoms with Gasteiger partial charge in [-0.15, -0.1) is 0 Å². The first-order valence-electron chi connectivity index (χ1n) is 14.2. The van der Waals surface area contributed by atoms with Crippen molar-refractivity contribution in [1.82, 2.24) is 14.4 Å². The van der Waals surface area contributed by atoms with Gasteiger partial charge in [0.2, 0.25) is 5.91 Å². The number of para-hydroxylation sites is 1. The molecule has 0 radical (unpaired) electrons. The number of anilines is 1. The van der Waals surface area contributed by atoms with Crippen molar-refractivity contribution in [1.29, 1.82) is 0 Å². The lowest BCUT2D eigenvalue weighted by atomic mass is 9.78. The summed E-state index contributed by atoms with van der Waals surface area (Å²) in [4.78, 5) is 34.4. The summed E-state index contributed by atoms with van der Waals surface area (Å²) in [6.45, 7) is 5.16. The van der Waals surface area contributed by atoms with Crippen LogP contribution in [0, 0.1) is 6.92 Å². The smallest absolute Gasteiger partial charge is 0.254 e. The molecule has 0 N–H and O–H groups in total. The predicted octanol–water partition coefficient (Wildman–Crippen LogP) is 5.27. The summed E-state index contributed by atoms with van der Waals surface area (Å²) in [5.74, 6) is 0.317. The van der Waals surface area contributed by atoms with Crippen LogP contribution in [-0.2, 0) is 4.79 Å². The maximum absolute atomic E-state index is 14.5. The van der Waals surface area contributed by atoms with Crippen LogP contribution in [-0.4, -0.2) is 59.4 Å². The highest BCUT2D eigenvalue weighted by molar-refractivity contribution is 6.01. The average Bonchev–Trinajstić information content (AvgIpc) is 3.89. The third-order valence-corrected chi connectivity index (χ3v) is 9.11. The Morgan fingerprint density at radius 3 is 2.21 bits per heavy atom. The van der Waals surface area contributed by atoms with Crippen molar-refractivity contribution in [3.8, 4) is 0 Å². The highest BCUT2D eigenvalue weighted by atomic mass is 16.2. The van der Waals surface area contributed by atoms with Crippen molar-refractivity contribution in [3.05, 3.63) is 88.7 Å². The van der Waals surface area contributed by atoms with Gasteiger partial charge >= 0.3 is 0 Å². The quantitative estimate of drug-likeness (QED) is 0.472. The van der Waals surface area contributed by atoms with Gasteiger partial charge in [-0.2, -0.15) is 0 Å². The van der Waals surface area contributed by atoms with Gasteiger partial charge in [0.05, 0.1) is 12.0 Å². The molecular formula is C32H36N4O2. The van der Waals surface area contributed by atoms with Crippen LogP contribution < -0.4 is 4.90 Å². The Kier molecular flexibility index (Phi) is 5.60. The van der Waals surface area contributed by atoms with E-state index < -0.39 is 5.92 Å². The van der Waals surface area contributed by atoms with Gasteiger partial charge in [0.25, 0.3) is 5.91 Å². The molecule has 2 unspecified atom stereocenters. The molecule has 0 bridgehead atoms. The van der Waals surface area contributed by atoms with Crippen LogP contribution in [0.3, 0.4) is 0 Å². The summed E-state index contributed by atoms with van der Waals surface area (Å²) in [5.41, 5.74) is 6.60. The minimum Gasteiger partial charge on any atom is -0.368 e. The third-order valence-electron chi connectivity index (χ3n) is 9.11. The number of fused-ring (bicyclic) bond motifs is 1. The Morgan fingerprint density at radius 1 is 0.816 bits per heavy atom. The van der Waals surface area contributed by atoms with Crippen LogP contribution in [0.25, 0.3) is 0 Å². The molecule has 2 atom stereocenters. The zero-order valence-corrected chi connectivity index (χ0v) is 22.3. The molecule has 3 fully saturated rings. The van der Waals surface area contributed by atoms with E-state index in [0.29, 0.717) is 30.6 Å². The minimum absolute atomic E-state index is 0.0138. The Hall–Kier alpha value is -3.54. The second-order valence-corrected chi connectivity index (χ2v) is 11.6. The number of carbonyl (C=O) groups is 2. The summed E-state index contributed by atoms with van der Waals surface area (Å²) in [6.07, 6.45) is 9.42. The molecule has 38 heavy (non-hydrogen) atoms. The first kappa shape index (κ1) is 23.6. The van der Waals surface area contributed by atoms with Crippen LogP contribution >= 0.6 is 0 Å². The Balaban J connectivity index is 1.24. The Labute approximate surface area is 224 Å². The number of carbonyl (C=O) groups excluding carboxylic acids is 2. The Morgan fingerprint density at radius 2 is 1.50 bits per heavy atom. The molecule has 2 amide bonds. The maximum atomic E-state index is 14.5. The number of piperazine rings is 1. The highest BCUT2D eigenvalue weighted by Crippen LogP contribution is 2.51. The second-order valence-electron chi connectivity index (χ2n) is 11.6. The first-order chi connectivity index (χ1) is 18.5. The van der Waals surface area contributed by atoms with Gasteiger partial charge in [-0.05, 0) is 72.9 Å². The van der Waals surface area contributed by atoms with Gasteiger partial charge in [0.1, 0.15) is 0 Å². The maximum Gasteiger partial charge on any atom is 0.254 e. The standard InChI is InChI=1S/C32H36N4O2/c1-21-7-3-6-10-28(21)34-15-17-35(18-16-34)32(38)29-24-8-4-5-9-25(24)31(37)33(2)30(29)27-20-36(23-13-14-23)19-26(27)22-11-12-22/h3-10,19-20,22-23,29-30H,11-18H2,1-2H3.